The molecule has 1 atom stereocenters. The van der Waals surface area contributed by atoms with Gasteiger partial charge >= 0.3 is 0 Å². The number of thiophene rings is 1. The van der Waals surface area contributed by atoms with Crippen LogP contribution in [-0.2, 0) is 11.3 Å². The minimum absolute atomic E-state index is 0.0348. The van der Waals surface area contributed by atoms with Crippen molar-refractivity contribution in [3.63, 3.8) is 0 Å². The minimum atomic E-state index is -0.185. The number of fused-ring (bicyclic) bond motifs is 2. The molecule has 178 valence electrons. The number of benzene rings is 2. The lowest BCUT2D eigenvalue weighted by atomic mass is 10.0. The van der Waals surface area contributed by atoms with E-state index in [0.717, 1.165) is 47.5 Å². The summed E-state index contributed by atoms with van der Waals surface area (Å²) >= 11 is 1.44. The Bertz CT molecular complexity index is 1450. The first-order valence-corrected chi connectivity index (χ1v) is 12.8. The summed E-state index contributed by atoms with van der Waals surface area (Å²) in [7, 11) is 0. The summed E-state index contributed by atoms with van der Waals surface area (Å²) in [4.78, 5) is 33.9. The summed E-state index contributed by atoms with van der Waals surface area (Å²) in [6, 6.07) is 15.7. The van der Waals surface area contributed by atoms with Gasteiger partial charge in [-0.25, -0.2) is 4.98 Å². The zero-order chi connectivity index (χ0) is 23.8. The Morgan fingerprint density at radius 3 is 2.74 bits per heavy atom. The fourth-order valence-electron chi connectivity index (χ4n) is 4.95. The van der Waals surface area contributed by atoms with E-state index >= 15 is 0 Å². The van der Waals surface area contributed by atoms with Gasteiger partial charge in [0.15, 0.2) is 11.5 Å². The van der Waals surface area contributed by atoms with Gasteiger partial charge in [0.1, 0.15) is 11.4 Å². The van der Waals surface area contributed by atoms with Crippen molar-refractivity contribution in [1.82, 2.24) is 14.5 Å². The molecule has 4 aromatic rings. The fourth-order valence-corrected chi connectivity index (χ4v) is 5.85. The van der Waals surface area contributed by atoms with Crippen LogP contribution < -0.4 is 15.0 Å². The van der Waals surface area contributed by atoms with E-state index < -0.39 is 0 Å². The van der Waals surface area contributed by atoms with Crippen molar-refractivity contribution < 1.29 is 14.3 Å². The summed E-state index contributed by atoms with van der Waals surface area (Å²) in [6.45, 7) is 1.89. The summed E-state index contributed by atoms with van der Waals surface area (Å²) < 4.78 is 13.0. The van der Waals surface area contributed by atoms with Gasteiger partial charge in [-0.3, -0.25) is 14.2 Å². The first kappa shape index (κ1) is 21.9. The molecule has 4 heterocycles. The second-order valence-corrected chi connectivity index (χ2v) is 9.73. The molecule has 2 aliphatic rings. The Labute approximate surface area is 206 Å². The molecule has 2 aromatic carbocycles. The molecule has 0 saturated carbocycles. The van der Waals surface area contributed by atoms with Gasteiger partial charge in [0.2, 0.25) is 5.91 Å². The maximum Gasteiger partial charge on any atom is 0.263 e. The lowest BCUT2D eigenvalue weighted by Gasteiger charge is -2.26. The van der Waals surface area contributed by atoms with Gasteiger partial charge in [0.25, 0.3) is 5.56 Å². The maximum absolute atomic E-state index is 13.4. The van der Waals surface area contributed by atoms with Gasteiger partial charge in [-0.1, -0.05) is 36.4 Å². The quantitative estimate of drug-likeness (QED) is 0.419. The Balaban J connectivity index is 1.28. The molecule has 1 fully saturated rings. The lowest BCUT2D eigenvalue weighted by Crippen LogP contribution is -2.36. The molecule has 2 aliphatic heterocycles. The van der Waals surface area contributed by atoms with Gasteiger partial charge in [0.05, 0.1) is 31.0 Å². The number of carbonyl (C=O) groups excluding carboxylic acids is 1. The zero-order valence-corrected chi connectivity index (χ0v) is 20.0. The van der Waals surface area contributed by atoms with Crippen LogP contribution in [0.1, 0.15) is 30.9 Å². The number of aromatic nitrogens is 2. The summed E-state index contributed by atoms with van der Waals surface area (Å²) in [5.41, 5.74) is 2.67. The third-order valence-electron chi connectivity index (χ3n) is 6.68. The molecular formula is C27H25N3O4S. The maximum atomic E-state index is 13.4. The molecule has 1 unspecified atom stereocenters. The van der Waals surface area contributed by atoms with E-state index in [9.17, 15) is 9.59 Å². The highest BCUT2D eigenvalue weighted by Gasteiger charge is 2.31. The average molecular weight is 488 g/mol. The largest absolute Gasteiger partial charge is 0.490 e. The van der Waals surface area contributed by atoms with Crippen LogP contribution in [0.4, 0.5) is 0 Å². The number of ether oxygens (including phenoxy) is 2. The van der Waals surface area contributed by atoms with E-state index in [1.54, 1.807) is 0 Å². The molecule has 1 amide bonds. The number of hydrogen-bond donors (Lipinski definition) is 0. The van der Waals surface area contributed by atoms with Crippen molar-refractivity contribution >= 4 is 27.5 Å². The number of hydrogen-bond acceptors (Lipinski definition) is 6. The van der Waals surface area contributed by atoms with Crippen molar-refractivity contribution in [1.29, 1.82) is 0 Å². The smallest absolute Gasteiger partial charge is 0.263 e. The second-order valence-electron chi connectivity index (χ2n) is 8.87. The van der Waals surface area contributed by atoms with Crippen LogP contribution in [0.2, 0.25) is 0 Å². The molecule has 0 bridgehead atoms. The second kappa shape index (κ2) is 9.19. The summed E-state index contributed by atoms with van der Waals surface area (Å²) in [5, 5.41) is 2.53. The van der Waals surface area contributed by atoms with Crippen LogP contribution in [0.15, 0.2) is 65.0 Å². The molecule has 0 spiro atoms. The van der Waals surface area contributed by atoms with Gasteiger partial charge in [0, 0.05) is 23.9 Å². The molecule has 0 radical (unpaired) electrons. The number of rotatable bonds is 4. The Kier molecular flexibility index (Phi) is 5.74. The molecule has 0 N–H and O–H groups in total. The predicted octanol–water partition coefficient (Wildman–Crippen LogP) is 4.65. The zero-order valence-electron chi connectivity index (χ0n) is 19.2. The van der Waals surface area contributed by atoms with Crippen molar-refractivity contribution in [2.75, 3.05) is 19.8 Å². The van der Waals surface area contributed by atoms with Crippen LogP contribution in [0.25, 0.3) is 21.3 Å². The van der Waals surface area contributed by atoms with E-state index in [1.807, 2.05) is 58.8 Å². The van der Waals surface area contributed by atoms with Crippen LogP contribution >= 0.6 is 11.3 Å². The third kappa shape index (κ3) is 4.08. The van der Waals surface area contributed by atoms with Crippen LogP contribution in [0, 0.1) is 0 Å². The van der Waals surface area contributed by atoms with E-state index in [4.69, 9.17) is 9.47 Å². The van der Waals surface area contributed by atoms with Crippen molar-refractivity contribution in [2.45, 2.75) is 31.8 Å². The van der Waals surface area contributed by atoms with Crippen LogP contribution in [0.5, 0.6) is 11.5 Å². The standard InChI is InChI=1S/C27H25N3O4S/c31-24(30-11-4-8-21(30)19-9-10-22-23(14-19)34-13-5-12-33-22)15-29-17-28-26-25(27(29)32)20(16-35-26)18-6-2-1-3-7-18/h1-3,6-7,9-10,14,16-17,21H,4-5,8,11-13,15H2. The molecule has 8 heteroatoms. The summed E-state index contributed by atoms with van der Waals surface area (Å²) in [5.74, 6) is 1.40. The Morgan fingerprint density at radius 2 is 1.89 bits per heavy atom. The number of likely N-dealkylation sites (tertiary alicyclic amines) is 1. The predicted molar refractivity (Wildman–Crippen MR) is 135 cm³/mol. The van der Waals surface area contributed by atoms with Gasteiger partial charge in [-0.15, -0.1) is 11.3 Å². The molecule has 1 saturated heterocycles. The molecule has 0 aliphatic carbocycles. The van der Waals surface area contributed by atoms with Crippen molar-refractivity contribution in [3.05, 3.63) is 76.2 Å². The first-order chi connectivity index (χ1) is 17.2. The van der Waals surface area contributed by atoms with E-state index in [0.29, 0.717) is 30.0 Å². The minimum Gasteiger partial charge on any atom is -0.490 e. The molecule has 7 nitrogen and oxygen atoms in total. The SMILES string of the molecule is O=C(Cn1cnc2scc(-c3ccccc3)c2c1=O)N1CCCC1c1ccc2c(c1)OCCCO2. The molecule has 6 rings (SSSR count). The van der Waals surface area contributed by atoms with E-state index in [2.05, 4.69) is 4.98 Å². The monoisotopic (exact) mass is 487 g/mol. The third-order valence-corrected chi connectivity index (χ3v) is 7.57. The number of carbonyl (C=O) groups is 1. The first-order valence-electron chi connectivity index (χ1n) is 11.9. The highest BCUT2D eigenvalue weighted by atomic mass is 32.1. The van der Waals surface area contributed by atoms with Gasteiger partial charge in [-0.05, 0) is 36.1 Å². The highest BCUT2D eigenvalue weighted by molar-refractivity contribution is 7.17. The number of amides is 1. The van der Waals surface area contributed by atoms with Crippen molar-refractivity contribution in [3.8, 4) is 22.6 Å². The Morgan fingerprint density at radius 1 is 1.06 bits per heavy atom. The molecule has 2 aromatic heterocycles. The fraction of sp³-hybridized carbons (Fsp3) is 0.296. The lowest BCUT2D eigenvalue weighted by molar-refractivity contribution is -0.132. The molecule has 35 heavy (non-hydrogen) atoms. The van der Waals surface area contributed by atoms with E-state index in [-0.39, 0.29) is 24.1 Å². The average Bonchev–Trinajstić information content (AvgIpc) is 3.49. The van der Waals surface area contributed by atoms with Crippen molar-refractivity contribution in [2.24, 2.45) is 0 Å². The topological polar surface area (TPSA) is 73.7 Å². The van der Waals surface area contributed by atoms with E-state index in [1.165, 1.54) is 22.2 Å². The number of nitrogens with zero attached hydrogens (tertiary/aromatic N) is 3. The van der Waals surface area contributed by atoms with Crippen LogP contribution in [-0.4, -0.2) is 40.1 Å². The van der Waals surface area contributed by atoms with Gasteiger partial charge in [-0.2, -0.15) is 0 Å². The summed E-state index contributed by atoms with van der Waals surface area (Å²) in [6.07, 6.45) is 4.13. The normalized spacial score (nSPS) is 17.5. The Hall–Kier alpha value is -3.65. The van der Waals surface area contributed by atoms with Crippen LogP contribution in [0.3, 0.4) is 0 Å². The van der Waals surface area contributed by atoms with Gasteiger partial charge < -0.3 is 14.4 Å². The molecular weight excluding hydrogens is 462 g/mol. The highest BCUT2D eigenvalue weighted by Crippen LogP contribution is 2.38.